The van der Waals surface area contributed by atoms with Crippen molar-refractivity contribution >= 4 is 52.0 Å². The maximum Gasteiger partial charge on any atom is 0.282 e. The molecule has 31 heavy (non-hydrogen) atoms. The minimum Gasteiger partial charge on any atom is -0.350 e. The van der Waals surface area contributed by atoms with Gasteiger partial charge in [-0.1, -0.05) is 65.2 Å². The molecule has 4 nitrogen and oxygen atoms in total. The number of carbonyl (C=O) groups excluding carboxylic acids is 2. The standard InChI is InChI=1S/C25H20Cl2N2O2/c1-14-4-8-17(9-5-14)22-23(28-21-12-18(26)10-6-16(21)3)25(31)29(24(22)30)19-11-7-15(2)20(27)13-19/h4-13,28H,1-3H3. The van der Waals surface area contributed by atoms with Crippen LogP contribution in [-0.4, -0.2) is 11.8 Å². The van der Waals surface area contributed by atoms with E-state index in [4.69, 9.17) is 23.2 Å². The molecule has 0 spiro atoms. The van der Waals surface area contributed by atoms with Crippen LogP contribution in [0.5, 0.6) is 0 Å². The van der Waals surface area contributed by atoms with Crippen LogP contribution in [0.2, 0.25) is 10.0 Å². The number of anilines is 2. The number of nitrogens with one attached hydrogen (secondary N) is 1. The van der Waals surface area contributed by atoms with Crippen LogP contribution < -0.4 is 10.2 Å². The van der Waals surface area contributed by atoms with E-state index >= 15 is 0 Å². The molecule has 1 aliphatic rings. The molecule has 0 radical (unpaired) electrons. The predicted molar refractivity (Wildman–Crippen MR) is 127 cm³/mol. The molecule has 1 heterocycles. The SMILES string of the molecule is Cc1ccc(C2=C(Nc3cc(Cl)ccc3C)C(=O)N(c3ccc(C)c(Cl)c3)C2=O)cc1. The van der Waals surface area contributed by atoms with Crippen molar-refractivity contribution in [3.8, 4) is 0 Å². The van der Waals surface area contributed by atoms with Gasteiger partial charge in [0, 0.05) is 15.7 Å². The van der Waals surface area contributed by atoms with Gasteiger partial charge in [-0.3, -0.25) is 9.59 Å². The number of aryl methyl sites for hydroxylation is 3. The lowest BCUT2D eigenvalue weighted by Gasteiger charge is -2.16. The largest absolute Gasteiger partial charge is 0.350 e. The molecule has 0 unspecified atom stereocenters. The van der Waals surface area contributed by atoms with Gasteiger partial charge < -0.3 is 5.32 Å². The monoisotopic (exact) mass is 450 g/mol. The molecular formula is C25H20Cl2N2O2. The van der Waals surface area contributed by atoms with Crippen molar-refractivity contribution in [3.05, 3.63) is 98.7 Å². The Kier molecular flexibility index (Phi) is 5.61. The van der Waals surface area contributed by atoms with E-state index in [0.29, 0.717) is 32.6 Å². The van der Waals surface area contributed by atoms with Crippen molar-refractivity contribution in [2.45, 2.75) is 20.8 Å². The number of benzene rings is 3. The minimum absolute atomic E-state index is 0.205. The van der Waals surface area contributed by atoms with Crippen LogP contribution in [0.4, 0.5) is 11.4 Å². The molecule has 0 atom stereocenters. The van der Waals surface area contributed by atoms with Crippen LogP contribution in [-0.2, 0) is 9.59 Å². The van der Waals surface area contributed by atoms with E-state index < -0.39 is 11.8 Å². The van der Waals surface area contributed by atoms with Crippen molar-refractivity contribution < 1.29 is 9.59 Å². The van der Waals surface area contributed by atoms with E-state index in [2.05, 4.69) is 5.32 Å². The first-order valence-electron chi connectivity index (χ1n) is 9.75. The lowest BCUT2D eigenvalue weighted by atomic mass is 10.0. The molecule has 0 aromatic heterocycles. The van der Waals surface area contributed by atoms with E-state index in [1.165, 1.54) is 0 Å². The number of amides is 2. The Morgan fingerprint density at radius 2 is 1.45 bits per heavy atom. The van der Waals surface area contributed by atoms with Crippen LogP contribution in [0, 0.1) is 20.8 Å². The number of hydrogen-bond acceptors (Lipinski definition) is 3. The fraction of sp³-hybridized carbons (Fsp3) is 0.120. The molecule has 3 aromatic carbocycles. The summed E-state index contributed by atoms with van der Waals surface area (Å²) < 4.78 is 0. The smallest absolute Gasteiger partial charge is 0.282 e. The highest BCUT2D eigenvalue weighted by Gasteiger charge is 2.40. The van der Waals surface area contributed by atoms with Gasteiger partial charge in [0.2, 0.25) is 0 Å². The zero-order valence-electron chi connectivity index (χ0n) is 17.3. The summed E-state index contributed by atoms with van der Waals surface area (Å²) in [7, 11) is 0. The van der Waals surface area contributed by atoms with Crippen molar-refractivity contribution in [2.24, 2.45) is 0 Å². The van der Waals surface area contributed by atoms with Crippen molar-refractivity contribution in [3.63, 3.8) is 0 Å². The second kappa shape index (κ2) is 8.22. The second-order valence-electron chi connectivity index (χ2n) is 7.58. The van der Waals surface area contributed by atoms with Crippen LogP contribution in [0.25, 0.3) is 5.57 Å². The van der Waals surface area contributed by atoms with Gasteiger partial charge >= 0.3 is 0 Å². The lowest BCUT2D eigenvalue weighted by molar-refractivity contribution is -0.120. The Morgan fingerprint density at radius 1 is 0.774 bits per heavy atom. The average Bonchev–Trinajstić information content (AvgIpc) is 2.97. The molecule has 0 saturated carbocycles. The number of halogens is 2. The summed E-state index contributed by atoms with van der Waals surface area (Å²) in [6, 6.07) is 18.0. The van der Waals surface area contributed by atoms with Gasteiger partial charge in [-0.15, -0.1) is 0 Å². The molecule has 0 aliphatic carbocycles. The second-order valence-corrected chi connectivity index (χ2v) is 8.42. The van der Waals surface area contributed by atoms with E-state index in [9.17, 15) is 9.59 Å². The van der Waals surface area contributed by atoms with Crippen LogP contribution in [0.1, 0.15) is 22.3 Å². The summed E-state index contributed by atoms with van der Waals surface area (Å²) in [5.41, 5.74) is 5.08. The number of nitrogens with zero attached hydrogens (tertiary/aromatic N) is 1. The Balaban J connectivity index is 1.85. The summed E-state index contributed by atoms with van der Waals surface area (Å²) in [5, 5.41) is 4.19. The van der Waals surface area contributed by atoms with Gasteiger partial charge in [0.15, 0.2) is 0 Å². The van der Waals surface area contributed by atoms with Crippen LogP contribution in [0.15, 0.2) is 66.4 Å². The van der Waals surface area contributed by atoms with Gasteiger partial charge in [-0.05, 0) is 61.7 Å². The third kappa shape index (κ3) is 3.97. The average molecular weight is 451 g/mol. The van der Waals surface area contributed by atoms with Gasteiger partial charge in [-0.2, -0.15) is 0 Å². The first kappa shape index (κ1) is 21.2. The Labute approximate surface area is 191 Å². The summed E-state index contributed by atoms with van der Waals surface area (Å²) >= 11 is 12.4. The summed E-state index contributed by atoms with van der Waals surface area (Å²) in [5.74, 6) is -0.851. The van der Waals surface area contributed by atoms with E-state index in [1.54, 1.807) is 30.3 Å². The fourth-order valence-electron chi connectivity index (χ4n) is 3.45. The summed E-state index contributed by atoms with van der Waals surface area (Å²) in [4.78, 5) is 28.1. The highest BCUT2D eigenvalue weighted by Crippen LogP contribution is 2.36. The first-order valence-corrected chi connectivity index (χ1v) is 10.5. The fourth-order valence-corrected chi connectivity index (χ4v) is 3.80. The molecule has 4 rings (SSSR count). The van der Waals surface area contributed by atoms with Crippen molar-refractivity contribution in [2.75, 3.05) is 10.2 Å². The van der Waals surface area contributed by atoms with Gasteiger partial charge in [0.25, 0.3) is 11.8 Å². The molecule has 156 valence electrons. The van der Waals surface area contributed by atoms with Crippen molar-refractivity contribution in [1.82, 2.24) is 0 Å². The highest BCUT2D eigenvalue weighted by atomic mass is 35.5. The molecule has 0 bridgehead atoms. The van der Waals surface area contributed by atoms with Gasteiger partial charge in [0.1, 0.15) is 5.70 Å². The minimum atomic E-state index is -0.445. The third-order valence-corrected chi connectivity index (χ3v) is 5.94. The molecule has 1 aliphatic heterocycles. The molecule has 6 heteroatoms. The summed E-state index contributed by atoms with van der Waals surface area (Å²) in [6.45, 7) is 5.74. The van der Waals surface area contributed by atoms with Crippen molar-refractivity contribution in [1.29, 1.82) is 0 Å². The van der Waals surface area contributed by atoms with E-state index in [0.717, 1.165) is 21.6 Å². The first-order chi connectivity index (χ1) is 14.8. The topological polar surface area (TPSA) is 49.4 Å². The number of imide groups is 1. The van der Waals surface area contributed by atoms with Crippen LogP contribution in [0.3, 0.4) is 0 Å². The Hall–Kier alpha value is -3.08. The lowest BCUT2D eigenvalue weighted by Crippen LogP contribution is -2.32. The quantitative estimate of drug-likeness (QED) is 0.473. The highest BCUT2D eigenvalue weighted by molar-refractivity contribution is 6.46. The molecule has 1 N–H and O–H groups in total. The molecule has 0 saturated heterocycles. The van der Waals surface area contributed by atoms with E-state index in [-0.39, 0.29) is 5.70 Å². The third-order valence-electron chi connectivity index (χ3n) is 5.30. The maximum atomic E-state index is 13.5. The zero-order chi connectivity index (χ0) is 22.3. The van der Waals surface area contributed by atoms with Crippen LogP contribution >= 0.6 is 23.2 Å². The molecular weight excluding hydrogens is 431 g/mol. The number of hydrogen-bond donors (Lipinski definition) is 1. The van der Waals surface area contributed by atoms with Gasteiger partial charge in [-0.25, -0.2) is 4.90 Å². The maximum absolute atomic E-state index is 13.5. The Bertz CT molecular complexity index is 1250. The molecule has 0 fully saturated rings. The zero-order valence-corrected chi connectivity index (χ0v) is 18.8. The molecule has 2 amide bonds. The number of carbonyl (C=O) groups is 2. The predicted octanol–water partition coefficient (Wildman–Crippen LogP) is 6.32. The van der Waals surface area contributed by atoms with E-state index in [1.807, 2.05) is 51.1 Å². The number of rotatable bonds is 4. The molecule has 3 aromatic rings. The van der Waals surface area contributed by atoms with Gasteiger partial charge in [0.05, 0.1) is 11.3 Å². The Morgan fingerprint density at radius 3 is 2.13 bits per heavy atom. The normalized spacial score (nSPS) is 13.9. The summed E-state index contributed by atoms with van der Waals surface area (Å²) in [6.07, 6.45) is 0.